The van der Waals surface area contributed by atoms with Gasteiger partial charge in [-0.25, -0.2) is 0 Å². The van der Waals surface area contributed by atoms with Crippen LogP contribution in [-0.4, -0.2) is 7.11 Å². The maximum Gasteiger partial charge on any atom is 0.118 e. The van der Waals surface area contributed by atoms with Crippen molar-refractivity contribution in [2.75, 3.05) is 7.11 Å². The number of benzene rings is 1. The molecule has 2 nitrogen and oxygen atoms in total. The monoisotopic (exact) mass is 149 g/mol. The van der Waals surface area contributed by atoms with Crippen LogP contribution in [0.3, 0.4) is 0 Å². The molecular weight excluding hydrogens is 138 g/mol. The van der Waals surface area contributed by atoms with Crippen molar-refractivity contribution in [2.24, 2.45) is 0 Å². The number of rotatable bonds is 1. The Hall–Kier alpha value is -1.49. The smallest absolute Gasteiger partial charge is 0.118 e. The van der Waals surface area contributed by atoms with Gasteiger partial charge in [0.15, 0.2) is 0 Å². The SMILES string of the molecule is CC#N.COc1ccccc1. The summed E-state index contributed by atoms with van der Waals surface area (Å²) >= 11 is 0. The summed E-state index contributed by atoms with van der Waals surface area (Å²) in [5, 5.41) is 7.32. The molecular formula is C9H11NO. The van der Waals surface area contributed by atoms with Crippen LogP contribution < -0.4 is 4.74 Å². The van der Waals surface area contributed by atoms with Crippen molar-refractivity contribution in [1.29, 1.82) is 5.26 Å². The second kappa shape index (κ2) is 6.63. The highest BCUT2D eigenvalue weighted by Crippen LogP contribution is 2.05. The summed E-state index contributed by atoms with van der Waals surface area (Å²) in [6.07, 6.45) is 0. The Morgan fingerprint density at radius 3 is 2.00 bits per heavy atom. The molecule has 0 saturated heterocycles. The van der Waals surface area contributed by atoms with Gasteiger partial charge >= 0.3 is 0 Å². The number of nitriles is 1. The number of para-hydroxylation sites is 1. The van der Waals surface area contributed by atoms with Gasteiger partial charge < -0.3 is 4.74 Å². The summed E-state index contributed by atoms with van der Waals surface area (Å²) in [4.78, 5) is 0. The zero-order valence-corrected chi connectivity index (χ0v) is 6.74. The largest absolute Gasteiger partial charge is 0.497 e. The average Bonchev–Trinajstić information content (AvgIpc) is 2.08. The number of hydrogen-bond acceptors (Lipinski definition) is 2. The molecule has 0 aromatic heterocycles. The van der Waals surface area contributed by atoms with Gasteiger partial charge in [0.25, 0.3) is 0 Å². The third-order valence-corrected chi connectivity index (χ3v) is 0.979. The van der Waals surface area contributed by atoms with E-state index in [0.717, 1.165) is 5.75 Å². The summed E-state index contributed by atoms with van der Waals surface area (Å²) in [6, 6.07) is 11.4. The minimum atomic E-state index is 0.910. The topological polar surface area (TPSA) is 33.0 Å². The molecule has 2 heteroatoms. The molecule has 11 heavy (non-hydrogen) atoms. The maximum atomic E-state index is 7.32. The van der Waals surface area contributed by atoms with Crippen molar-refractivity contribution in [3.05, 3.63) is 30.3 Å². The first-order valence-electron chi connectivity index (χ1n) is 3.25. The minimum Gasteiger partial charge on any atom is -0.497 e. The molecule has 58 valence electrons. The summed E-state index contributed by atoms with van der Waals surface area (Å²) in [7, 11) is 1.66. The second-order valence-corrected chi connectivity index (χ2v) is 1.74. The van der Waals surface area contributed by atoms with Crippen LogP contribution in [0.5, 0.6) is 5.75 Å². The Bertz CT molecular complexity index is 213. The van der Waals surface area contributed by atoms with E-state index in [1.165, 1.54) is 6.92 Å². The lowest BCUT2D eigenvalue weighted by molar-refractivity contribution is 0.415. The average molecular weight is 149 g/mol. The van der Waals surface area contributed by atoms with E-state index in [9.17, 15) is 0 Å². The van der Waals surface area contributed by atoms with E-state index in [0.29, 0.717) is 0 Å². The van der Waals surface area contributed by atoms with Gasteiger partial charge in [0.05, 0.1) is 13.2 Å². The van der Waals surface area contributed by atoms with Gasteiger partial charge in [-0.2, -0.15) is 5.26 Å². The Morgan fingerprint density at radius 2 is 1.73 bits per heavy atom. The van der Waals surface area contributed by atoms with Crippen LogP contribution in [0.15, 0.2) is 30.3 Å². The Kier molecular flexibility index (Phi) is 5.73. The Morgan fingerprint density at radius 1 is 1.27 bits per heavy atom. The van der Waals surface area contributed by atoms with Crippen molar-refractivity contribution < 1.29 is 4.74 Å². The third-order valence-electron chi connectivity index (χ3n) is 0.979. The van der Waals surface area contributed by atoms with Crippen LogP contribution in [-0.2, 0) is 0 Å². The second-order valence-electron chi connectivity index (χ2n) is 1.74. The standard InChI is InChI=1S/C7H8O.C2H3N/c1-8-7-5-3-2-4-6-7;1-2-3/h2-6H,1H3;1H3. The van der Waals surface area contributed by atoms with E-state index >= 15 is 0 Å². The lowest BCUT2D eigenvalue weighted by atomic mass is 10.3. The van der Waals surface area contributed by atoms with E-state index in [2.05, 4.69) is 0 Å². The van der Waals surface area contributed by atoms with Crippen LogP contribution in [0.1, 0.15) is 6.92 Å². The predicted molar refractivity (Wildman–Crippen MR) is 44.3 cm³/mol. The highest BCUT2D eigenvalue weighted by atomic mass is 16.5. The Balaban J connectivity index is 0.000000292. The molecule has 0 aliphatic carbocycles. The van der Waals surface area contributed by atoms with Crippen LogP contribution in [0, 0.1) is 11.3 Å². The quantitative estimate of drug-likeness (QED) is 0.613. The highest BCUT2D eigenvalue weighted by molar-refractivity contribution is 5.20. The van der Waals surface area contributed by atoms with Gasteiger partial charge in [0, 0.05) is 6.92 Å². The zero-order valence-electron chi connectivity index (χ0n) is 6.74. The van der Waals surface area contributed by atoms with Crippen molar-refractivity contribution >= 4 is 0 Å². The number of hydrogen-bond donors (Lipinski definition) is 0. The number of nitrogens with zero attached hydrogens (tertiary/aromatic N) is 1. The molecule has 0 saturated carbocycles. The fourth-order valence-electron chi connectivity index (χ4n) is 0.557. The summed E-state index contributed by atoms with van der Waals surface area (Å²) in [5.74, 6) is 0.910. The lowest BCUT2D eigenvalue weighted by Crippen LogP contribution is -1.78. The van der Waals surface area contributed by atoms with Gasteiger partial charge in [-0.15, -0.1) is 0 Å². The fraction of sp³-hybridized carbons (Fsp3) is 0.222. The minimum absolute atomic E-state index is 0.910. The van der Waals surface area contributed by atoms with E-state index in [-0.39, 0.29) is 0 Å². The first kappa shape index (κ1) is 9.51. The molecule has 0 amide bonds. The van der Waals surface area contributed by atoms with Crippen LogP contribution in [0.4, 0.5) is 0 Å². The third kappa shape index (κ3) is 4.98. The van der Waals surface area contributed by atoms with Crippen LogP contribution >= 0.6 is 0 Å². The van der Waals surface area contributed by atoms with Gasteiger partial charge in [-0.3, -0.25) is 0 Å². The van der Waals surface area contributed by atoms with E-state index < -0.39 is 0 Å². The molecule has 0 fully saturated rings. The summed E-state index contributed by atoms with van der Waals surface area (Å²) < 4.78 is 4.91. The molecule has 0 atom stereocenters. The van der Waals surface area contributed by atoms with Gasteiger partial charge in [-0.05, 0) is 12.1 Å². The van der Waals surface area contributed by atoms with Crippen LogP contribution in [0.2, 0.25) is 0 Å². The normalized spacial score (nSPS) is 7.00. The first-order chi connectivity index (χ1) is 5.35. The van der Waals surface area contributed by atoms with Crippen LogP contribution in [0.25, 0.3) is 0 Å². The number of methoxy groups -OCH3 is 1. The molecule has 0 aliphatic heterocycles. The molecule has 0 radical (unpaired) electrons. The summed E-state index contributed by atoms with van der Waals surface area (Å²) in [5.41, 5.74) is 0. The molecule has 0 bridgehead atoms. The molecule has 0 unspecified atom stereocenters. The fourth-order valence-corrected chi connectivity index (χ4v) is 0.557. The van der Waals surface area contributed by atoms with Crippen molar-refractivity contribution in [1.82, 2.24) is 0 Å². The predicted octanol–water partition coefficient (Wildman–Crippen LogP) is 2.23. The number of ether oxygens (including phenoxy) is 1. The van der Waals surface area contributed by atoms with E-state index in [1.807, 2.05) is 30.3 Å². The summed E-state index contributed by atoms with van der Waals surface area (Å²) in [6.45, 7) is 1.43. The maximum absolute atomic E-state index is 7.32. The van der Waals surface area contributed by atoms with Crippen molar-refractivity contribution in [3.8, 4) is 11.8 Å². The van der Waals surface area contributed by atoms with Gasteiger partial charge in [0.1, 0.15) is 5.75 Å². The lowest BCUT2D eigenvalue weighted by Gasteiger charge is -1.93. The van der Waals surface area contributed by atoms with E-state index in [4.69, 9.17) is 10.00 Å². The highest BCUT2D eigenvalue weighted by Gasteiger charge is 1.80. The Labute approximate surface area is 67.0 Å². The molecule has 0 N–H and O–H groups in total. The van der Waals surface area contributed by atoms with Crippen molar-refractivity contribution in [3.63, 3.8) is 0 Å². The van der Waals surface area contributed by atoms with E-state index in [1.54, 1.807) is 13.2 Å². The molecule has 0 heterocycles. The zero-order chi connectivity index (χ0) is 8.53. The van der Waals surface area contributed by atoms with Gasteiger partial charge in [-0.1, -0.05) is 18.2 Å². The van der Waals surface area contributed by atoms with Gasteiger partial charge in [0.2, 0.25) is 0 Å². The van der Waals surface area contributed by atoms with Crippen molar-refractivity contribution in [2.45, 2.75) is 6.92 Å². The molecule has 0 spiro atoms. The first-order valence-corrected chi connectivity index (χ1v) is 3.25. The molecule has 0 aliphatic rings. The molecule has 1 rings (SSSR count). The molecule has 1 aromatic carbocycles. The molecule has 1 aromatic rings.